The Balaban J connectivity index is -0.000000615. The minimum Gasteiger partial charge on any atom is -0.481 e. The summed E-state index contributed by atoms with van der Waals surface area (Å²) >= 11 is 0. The molecular formula is C26H48N2O17. The Kier molecular flexibility index (Phi) is 29.5. The molecule has 0 saturated heterocycles. The van der Waals surface area contributed by atoms with Crippen molar-refractivity contribution < 1.29 is 85.5 Å². The Hall–Kier alpha value is -2.89. The summed E-state index contributed by atoms with van der Waals surface area (Å²) in [6.45, 7) is -2.91. The number of amides is 1. The van der Waals surface area contributed by atoms with Crippen LogP contribution >= 0.6 is 0 Å². The van der Waals surface area contributed by atoms with E-state index in [1.54, 1.807) is 12.1 Å². The largest absolute Gasteiger partial charge is 0.481 e. The first-order valence-electron chi connectivity index (χ1n) is 13.2. The van der Waals surface area contributed by atoms with Gasteiger partial charge in [-0.3, -0.25) is 9.59 Å². The Morgan fingerprint density at radius 1 is 0.733 bits per heavy atom. The number of nitrogens with one attached hydrogen (secondary N) is 1. The Labute approximate surface area is 259 Å². The number of methoxy groups -OCH3 is 1. The molecule has 0 saturated carbocycles. The van der Waals surface area contributed by atoms with Crippen LogP contribution in [-0.4, -0.2) is 180 Å². The number of aliphatic hydroxyl groups excluding tert-OH is 12. The molecule has 1 aromatic rings. The molecule has 0 spiro atoms. The van der Waals surface area contributed by atoms with Crippen LogP contribution in [0.4, 0.5) is 0 Å². The third kappa shape index (κ3) is 24.1. The van der Waals surface area contributed by atoms with E-state index in [0.717, 1.165) is 5.56 Å². The van der Waals surface area contributed by atoms with E-state index in [1.165, 1.54) is 7.11 Å². The minimum atomic E-state index is -1.67. The highest BCUT2D eigenvalue weighted by atomic mass is 16.5. The highest BCUT2D eigenvalue weighted by molar-refractivity contribution is 5.89. The van der Waals surface area contributed by atoms with Crippen molar-refractivity contribution in [3.8, 4) is 0 Å². The van der Waals surface area contributed by atoms with E-state index in [0.29, 0.717) is 0 Å². The van der Waals surface area contributed by atoms with Crippen LogP contribution in [-0.2, 0) is 25.5 Å². The number of hydrogen-bond donors (Lipinski definition) is 15. The first kappa shape index (κ1) is 46.5. The zero-order valence-electron chi connectivity index (χ0n) is 24.7. The number of carbonyl (C=O) groups is 3. The van der Waals surface area contributed by atoms with Gasteiger partial charge in [0.15, 0.2) is 0 Å². The number of benzene rings is 1. The molecule has 19 heteroatoms. The maximum atomic E-state index is 11.8. The molecule has 1 aromatic carbocycles. The Morgan fingerprint density at radius 3 is 1.42 bits per heavy atom. The van der Waals surface area contributed by atoms with E-state index in [2.05, 4.69) is 10.1 Å². The predicted octanol–water partition coefficient (Wildman–Crippen LogP) is -7.23. The lowest BCUT2D eigenvalue weighted by molar-refractivity contribution is -0.145. The van der Waals surface area contributed by atoms with Crippen LogP contribution in [0.3, 0.4) is 0 Å². The van der Waals surface area contributed by atoms with Gasteiger partial charge in [0.2, 0.25) is 5.91 Å². The average molecular weight is 661 g/mol. The molecule has 1 rings (SSSR count). The topological polar surface area (TPSA) is 361 Å². The molecule has 0 aliphatic carbocycles. The van der Waals surface area contributed by atoms with Crippen molar-refractivity contribution in [2.45, 2.75) is 61.5 Å². The fraction of sp³-hybridized carbons (Fsp3) is 0.654. The maximum Gasteiger partial charge on any atom is 0.328 e. The van der Waals surface area contributed by atoms with Crippen molar-refractivity contribution in [3.63, 3.8) is 0 Å². The monoisotopic (exact) mass is 660 g/mol. The summed E-state index contributed by atoms with van der Waals surface area (Å²) < 4.78 is 4.64. The van der Waals surface area contributed by atoms with Crippen molar-refractivity contribution in [2.24, 2.45) is 5.73 Å². The van der Waals surface area contributed by atoms with Crippen molar-refractivity contribution in [3.05, 3.63) is 35.9 Å². The molecule has 0 bridgehead atoms. The summed E-state index contributed by atoms with van der Waals surface area (Å²) in [7, 11) is 1.21. The van der Waals surface area contributed by atoms with Crippen LogP contribution in [0.5, 0.6) is 0 Å². The van der Waals surface area contributed by atoms with Crippen molar-refractivity contribution in [1.29, 1.82) is 0 Å². The summed E-state index contributed by atoms with van der Waals surface area (Å²) in [4.78, 5) is 34.0. The molecule has 6 atom stereocenters. The molecule has 19 nitrogen and oxygen atoms in total. The number of aliphatic carboxylic acids is 1. The van der Waals surface area contributed by atoms with Gasteiger partial charge in [-0.25, -0.2) is 4.79 Å². The SMILES string of the molecule is COC(=O)[C@H](Cc1ccccc1)NC(=O)[C@@H](N)CC(=O)O.OCC(O)CO.OCC(O)CO.OC[C@@H](O)[C@@H](O)[C@H](O)[C@H](O)CO. The fourth-order valence-corrected chi connectivity index (χ4v) is 2.53. The van der Waals surface area contributed by atoms with Crippen molar-refractivity contribution in [1.82, 2.24) is 5.32 Å². The molecular weight excluding hydrogens is 612 g/mol. The maximum absolute atomic E-state index is 11.8. The van der Waals surface area contributed by atoms with Gasteiger partial charge in [-0.05, 0) is 5.56 Å². The van der Waals surface area contributed by atoms with Gasteiger partial charge in [0.1, 0.15) is 42.7 Å². The smallest absolute Gasteiger partial charge is 0.328 e. The van der Waals surface area contributed by atoms with E-state index in [1.807, 2.05) is 18.2 Å². The van der Waals surface area contributed by atoms with Gasteiger partial charge in [0.05, 0.1) is 59.2 Å². The third-order valence-electron chi connectivity index (χ3n) is 5.17. The van der Waals surface area contributed by atoms with Gasteiger partial charge in [0, 0.05) is 6.42 Å². The summed E-state index contributed by atoms with van der Waals surface area (Å²) in [5, 5.41) is 111. The molecule has 1 amide bonds. The molecule has 0 unspecified atom stereocenters. The van der Waals surface area contributed by atoms with Gasteiger partial charge in [-0.1, -0.05) is 30.3 Å². The quantitative estimate of drug-likeness (QED) is 0.0732. The van der Waals surface area contributed by atoms with E-state index < -0.39 is 86.2 Å². The lowest BCUT2D eigenvalue weighted by Gasteiger charge is -2.24. The average Bonchev–Trinajstić information content (AvgIpc) is 3.06. The second-order valence-corrected chi connectivity index (χ2v) is 9.00. The first-order valence-corrected chi connectivity index (χ1v) is 13.2. The predicted molar refractivity (Wildman–Crippen MR) is 153 cm³/mol. The second kappa shape index (κ2) is 28.6. The van der Waals surface area contributed by atoms with Gasteiger partial charge in [-0.2, -0.15) is 0 Å². The Morgan fingerprint density at radius 2 is 1.13 bits per heavy atom. The summed E-state index contributed by atoms with van der Waals surface area (Å²) in [6.07, 6.45) is -8.57. The van der Waals surface area contributed by atoms with Crippen LogP contribution in [0.2, 0.25) is 0 Å². The zero-order chi connectivity index (χ0) is 35.5. The zero-order valence-corrected chi connectivity index (χ0v) is 24.7. The summed E-state index contributed by atoms with van der Waals surface area (Å²) in [6, 6.07) is 6.93. The number of carboxylic acids is 1. The van der Waals surface area contributed by atoms with Gasteiger partial charge < -0.3 is 82.2 Å². The number of aliphatic hydroxyl groups is 12. The first-order chi connectivity index (χ1) is 21.1. The highest BCUT2D eigenvalue weighted by Crippen LogP contribution is 2.06. The van der Waals surface area contributed by atoms with E-state index in [9.17, 15) is 14.4 Å². The number of rotatable bonds is 16. The lowest BCUT2D eigenvalue weighted by atomic mass is 10.0. The number of esters is 1. The second-order valence-electron chi connectivity index (χ2n) is 9.00. The van der Waals surface area contributed by atoms with Crippen LogP contribution in [0.15, 0.2) is 30.3 Å². The fourth-order valence-electron chi connectivity index (χ4n) is 2.53. The van der Waals surface area contributed by atoms with E-state index in [4.69, 9.17) is 72.1 Å². The molecule has 0 fully saturated rings. The molecule has 0 aromatic heterocycles. The van der Waals surface area contributed by atoms with Crippen molar-refractivity contribution in [2.75, 3.05) is 46.8 Å². The van der Waals surface area contributed by atoms with Crippen LogP contribution in [0.1, 0.15) is 12.0 Å². The lowest BCUT2D eigenvalue weighted by Crippen LogP contribution is -2.50. The number of ether oxygens (including phenoxy) is 1. The van der Waals surface area contributed by atoms with Crippen molar-refractivity contribution >= 4 is 17.8 Å². The third-order valence-corrected chi connectivity index (χ3v) is 5.17. The molecule has 45 heavy (non-hydrogen) atoms. The van der Waals surface area contributed by atoms with Gasteiger partial charge in [0.25, 0.3) is 0 Å². The molecule has 264 valence electrons. The molecule has 16 N–H and O–H groups in total. The standard InChI is InChI=1S/C14H18N2O5.C6H14O6.2C3H8O3/c1-21-14(20)11(7-9-5-3-2-4-6-9)16-13(19)10(15)8-12(17)18;7-1-3(9)5(11)6(12)4(10)2-8;2*4-1-3(6)2-5/h2-6,10-11H,7-8,15H2,1H3,(H,16,19)(H,17,18);3-12H,1-2H2;2*3-6H,1-2H2/t10-,11-;3-,4-,5-,6-;;/m01../s1. The van der Waals surface area contributed by atoms with E-state index in [-0.39, 0.29) is 32.8 Å². The normalized spacial score (nSPS) is 14.5. The van der Waals surface area contributed by atoms with E-state index >= 15 is 0 Å². The molecule has 0 heterocycles. The summed E-state index contributed by atoms with van der Waals surface area (Å²) in [5.74, 6) is -2.51. The van der Waals surface area contributed by atoms with Crippen LogP contribution < -0.4 is 11.1 Å². The number of hydrogen-bond acceptors (Lipinski definition) is 17. The number of carbonyl (C=O) groups excluding carboxylic acids is 2. The molecule has 0 aliphatic rings. The van der Waals surface area contributed by atoms with Crippen LogP contribution in [0.25, 0.3) is 0 Å². The van der Waals surface area contributed by atoms with Crippen LogP contribution in [0, 0.1) is 0 Å². The molecule has 0 radical (unpaired) electrons. The number of nitrogens with two attached hydrogens (primary N) is 1. The highest BCUT2D eigenvalue weighted by Gasteiger charge is 2.29. The summed E-state index contributed by atoms with van der Waals surface area (Å²) in [5.41, 5.74) is 6.29. The minimum absolute atomic E-state index is 0.235. The molecule has 0 aliphatic heterocycles. The van der Waals surface area contributed by atoms with Gasteiger partial charge in [-0.15, -0.1) is 0 Å². The number of carboxylic acid groups (broad SMARTS) is 1. The Bertz CT molecular complexity index is 850. The van der Waals surface area contributed by atoms with Gasteiger partial charge >= 0.3 is 11.9 Å².